The lowest BCUT2D eigenvalue weighted by Gasteiger charge is -2.15. The molecule has 1 rings (SSSR count). The topological polar surface area (TPSA) is 93.5 Å². The van der Waals surface area contributed by atoms with E-state index < -0.39 is 0 Å². The summed E-state index contributed by atoms with van der Waals surface area (Å²) in [5.74, 6) is 0.0409. The highest BCUT2D eigenvalue weighted by Gasteiger charge is 2.14. The van der Waals surface area contributed by atoms with Gasteiger partial charge in [0.25, 0.3) is 0 Å². The van der Waals surface area contributed by atoms with Gasteiger partial charge in [-0.05, 0) is 31.2 Å². The number of anilines is 2. The molecule has 0 bridgehead atoms. The Hall–Kier alpha value is -2.08. The van der Waals surface area contributed by atoms with Gasteiger partial charge in [0.2, 0.25) is 11.8 Å². The highest BCUT2D eigenvalue weighted by molar-refractivity contribution is 5.95. The maximum atomic E-state index is 12.0. The van der Waals surface area contributed by atoms with E-state index in [2.05, 4.69) is 10.6 Å². The van der Waals surface area contributed by atoms with Crippen LogP contribution >= 0.6 is 0 Å². The Bertz CT molecular complexity index is 489. The van der Waals surface area contributed by atoms with Crippen molar-refractivity contribution in [1.29, 1.82) is 0 Å². The minimum atomic E-state index is -0.186. The molecule has 0 aliphatic heterocycles. The van der Waals surface area contributed by atoms with Gasteiger partial charge in [0.05, 0.1) is 12.8 Å². The molecule has 0 fully saturated rings. The lowest BCUT2D eigenvalue weighted by Crippen LogP contribution is -2.23. The number of amides is 2. The van der Waals surface area contributed by atoms with Gasteiger partial charge in [0.15, 0.2) is 0 Å². The highest BCUT2D eigenvalue weighted by atomic mass is 16.5. The number of nitrogens with one attached hydrogen (secondary N) is 2. The minimum absolute atomic E-state index is 0.131. The predicted molar refractivity (Wildman–Crippen MR) is 78.8 cm³/mol. The van der Waals surface area contributed by atoms with Crippen LogP contribution in [-0.2, 0) is 9.59 Å². The quantitative estimate of drug-likeness (QED) is 0.737. The molecule has 6 heteroatoms. The van der Waals surface area contributed by atoms with E-state index in [1.54, 1.807) is 18.2 Å². The second-order valence-corrected chi connectivity index (χ2v) is 4.56. The second-order valence-electron chi connectivity index (χ2n) is 4.56. The van der Waals surface area contributed by atoms with Gasteiger partial charge in [-0.1, -0.05) is 6.92 Å². The first-order valence-electron chi connectivity index (χ1n) is 6.44. The Balaban J connectivity index is 2.90. The molecule has 1 unspecified atom stereocenters. The van der Waals surface area contributed by atoms with Crippen LogP contribution < -0.4 is 21.1 Å². The Morgan fingerprint density at radius 3 is 2.60 bits per heavy atom. The van der Waals surface area contributed by atoms with E-state index in [4.69, 9.17) is 10.5 Å². The summed E-state index contributed by atoms with van der Waals surface area (Å²) in [4.78, 5) is 23.0. The van der Waals surface area contributed by atoms with E-state index in [0.717, 1.165) is 0 Å². The van der Waals surface area contributed by atoms with Crippen LogP contribution in [0.5, 0.6) is 5.75 Å². The Morgan fingerprint density at radius 1 is 1.35 bits per heavy atom. The van der Waals surface area contributed by atoms with Crippen LogP contribution in [-0.4, -0.2) is 25.5 Å². The van der Waals surface area contributed by atoms with Crippen LogP contribution in [0.2, 0.25) is 0 Å². The molecule has 0 saturated heterocycles. The fourth-order valence-corrected chi connectivity index (χ4v) is 1.72. The van der Waals surface area contributed by atoms with Gasteiger partial charge in [-0.25, -0.2) is 0 Å². The molecule has 0 aliphatic rings. The van der Waals surface area contributed by atoms with Crippen molar-refractivity contribution in [3.8, 4) is 5.75 Å². The smallest absolute Gasteiger partial charge is 0.227 e. The average Bonchev–Trinajstić information content (AvgIpc) is 2.38. The molecule has 2 amide bonds. The van der Waals surface area contributed by atoms with E-state index in [9.17, 15) is 9.59 Å². The van der Waals surface area contributed by atoms with Gasteiger partial charge in [-0.15, -0.1) is 0 Å². The van der Waals surface area contributed by atoms with Crippen molar-refractivity contribution in [1.82, 2.24) is 0 Å². The molecule has 6 nitrogen and oxygen atoms in total. The molecule has 1 aromatic carbocycles. The molecule has 0 aromatic heterocycles. The van der Waals surface area contributed by atoms with Crippen LogP contribution in [0.15, 0.2) is 18.2 Å². The van der Waals surface area contributed by atoms with Crippen molar-refractivity contribution in [2.45, 2.75) is 20.3 Å². The third kappa shape index (κ3) is 4.55. The maximum Gasteiger partial charge on any atom is 0.227 e. The normalized spacial score (nSPS) is 11.6. The van der Waals surface area contributed by atoms with Crippen molar-refractivity contribution in [3.63, 3.8) is 0 Å². The van der Waals surface area contributed by atoms with Crippen molar-refractivity contribution in [2.24, 2.45) is 11.7 Å². The first-order chi connectivity index (χ1) is 9.47. The van der Waals surface area contributed by atoms with Crippen LogP contribution in [0.25, 0.3) is 0 Å². The van der Waals surface area contributed by atoms with Crippen molar-refractivity contribution in [3.05, 3.63) is 18.2 Å². The van der Waals surface area contributed by atoms with Crippen molar-refractivity contribution < 1.29 is 14.3 Å². The summed E-state index contributed by atoms with van der Waals surface area (Å²) in [6.45, 7) is 3.69. The zero-order chi connectivity index (χ0) is 15.1. The number of rotatable bonds is 6. The molecular weight excluding hydrogens is 258 g/mol. The van der Waals surface area contributed by atoms with E-state index in [-0.39, 0.29) is 17.7 Å². The predicted octanol–water partition coefficient (Wildman–Crippen LogP) is 1.58. The number of benzene rings is 1. The average molecular weight is 279 g/mol. The monoisotopic (exact) mass is 279 g/mol. The van der Waals surface area contributed by atoms with Crippen LogP contribution in [0.1, 0.15) is 20.3 Å². The first-order valence-corrected chi connectivity index (χ1v) is 6.44. The van der Waals surface area contributed by atoms with Gasteiger partial charge in [0, 0.05) is 18.5 Å². The first kappa shape index (κ1) is 16.0. The standard InChI is InChI=1S/C14H21N3O3/c1-9(6-7-15)14(19)17-12-8-11(16-10(2)18)4-5-13(12)20-3/h4-5,8-9H,6-7,15H2,1-3H3,(H,16,18)(H,17,19). The summed E-state index contributed by atoms with van der Waals surface area (Å²) >= 11 is 0. The fraction of sp³-hybridized carbons (Fsp3) is 0.429. The van der Waals surface area contributed by atoms with E-state index in [1.807, 2.05) is 6.92 Å². The number of nitrogens with two attached hydrogens (primary N) is 1. The number of carbonyl (C=O) groups is 2. The molecule has 0 spiro atoms. The molecule has 0 radical (unpaired) electrons. The highest BCUT2D eigenvalue weighted by Crippen LogP contribution is 2.28. The van der Waals surface area contributed by atoms with E-state index in [1.165, 1.54) is 14.0 Å². The summed E-state index contributed by atoms with van der Waals surface area (Å²) < 4.78 is 5.19. The molecule has 0 heterocycles. The Morgan fingerprint density at radius 2 is 2.05 bits per heavy atom. The number of ether oxygens (including phenoxy) is 1. The number of carbonyl (C=O) groups excluding carboxylic acids is 2. The van der Waals surface area contributed by atoms with Crippen molar-refractivity contribution in [2.75, 3.05) is 24.3 Å². The van der Waals surface area contributed by atoms with Crippen LogP contribution in [0.4, 0.5) is 11.4 Å². The summed E-state index contributed by atoms with van der Waals surface area (Å²) in [6, 6.07) is 5.06. The lowest BCUT2D eigenvalue weighted by molar-refractivity contribution is -0.119. The lowest BCUT2D eigenvalue weighted by atomic mass is 10.1. The molecule has 4 N–H and O–H groups in total. The molecular formula is C14H21N3O3. The Labute approximate surface area is 118 Å². The molecule has 110 valence electrons. The van der Waals surface area contributed by atoms with Gasteiger partial charge in [-0.2, -0.15) is 0 Å². The van der Waals surface area contributed by atoms with Gasteiger partial charge in [0.1, 0.15) is 5.75 Å². The number of methoxy groups -OCH3 is 1. The molecule has 20 heavy (non-hydrogen) atoms. The van der Waals surface area contributed by atoms with Gasteiger partial charge >= 0.3 is 0 Å². The third-order valence-corrected chi connectivity index (χ3v) is 2.82. The molecule has 0 aliphatic carbocycles. The maximum absolute atomic E-state index is 12.0. The van der Waals surface area contributed by atoms with Gasteiger partial charge < -0.3 is 21.1 Å². The van der Waals surface area contributed by atoms with E-state index in [0.29, 0.717) is 30.1 Å². The molecule has 1 aromatic rings. The van der Waals surface area contributed by atoms with Crippen molar-refractivity contribution >= 4 is 23.2 Å². The number of hydrogen-bond donors (Lipinski definition) is 3. The summed E-state index contributed by atoms with van der Waals surface area (Å²) in [7, 11) is 1.52. The van der Waals surface area contributed by atoms with E-state index >= 15 is 0 Å². The SMILES string of the molecule is COc1ccc(NC(C)=O)cc1NC(=O)C(C)CCN. The zero-order valence-electron chi connectivity index (χ0n) is 12.0. The fourth-order valence-electron chi connectivity index (χ4n) is 1.72. The summed E-state index contributed by atoms with van der Waals surface area (Å²) in [5.41, 5.74) is 6.56. The third-order valence-electron chi connectivity index (χ3n) is 2.82. The van der Waals surface area contributed by atoms with Gasteiger partial charge in [-0.3, -0.25) is 9.59 Å². The largest absolute Gasteiger partial charge is 0.495 e. The van der Waals surface area contributed by atoms with Crippen LogP contribution in [0, 0.1) is 5.92 Å². The zero-order valence-corrected chi connectivity index (χ0v) is 12.0. The molecule has 1 atom stereocenters. The minimum Gasteiger partial charge on any atom is -0.495 e. The summed E-state index contributed by atoms with van der Waals surface area (Å²) in [5, 5.41) is 5.45. The number of hydrogen-bond acceptors (Lipinski definition) is 4. The molecule has 0 saturated carbocycles. The summed E-state index contributed by atoms with van der Waals surface area (Å²) in [6.07, 6.45) is 0.611. The van der Waals surface area contributed by atoms with Crippen LogP contribution in [0.3, 0.4) is 0 Å². The Kier molecular flexibility index (Phi) is 5.99. The second kappa shape index (κ2) is 7.49.